The first-order valence-electron chi connectivity index (χ1n) is 5.00. The Hall–Kier alpha value is -0.230. The van der Waals surface area contributed by atoms with Crippen molar-refractivity contribution in [3.05, 3.63) is 0 Å². The third kappa shape index (κ3) is 4.88. The lowest BCUT2D eigenvalue weighted by Gasteiger charge is -2.28. The molecule has 0 amide bonds. The zero-order valence-electron chi connectivity index (χ0n) is 9.36. The maximum Gasteiger partial charge on any atom is 0.156 e. The van der Waals surface area contributed by atoms with Crippen molar-refractivity contribution in [2.45, 2.75) is 19.9 Å². The molecule has 1 fully saturated rings. The molecule has 0 aromatic heterocycles. The van der Waals surface area contributed by atoms with Crippen molar-refractivity contribution < 1.29 is 8.42 Å². The molecule has 1 heterocycles. The van der Waals surface area contributed by atoms with Crippen molar-refractivity contribution in [1.29, 1.82) is 0 Å². The number of nitrogens with one attached hydrogen (secondary N) is 1. The molecule has 1 aliphatic rings. The van der Waals surface area contributed by atoms with Crippen molar-refractivity contribution >= 4 is 26.8 Å². The fraction of sp³-hybridized carbons (Fsp3) is 0.889. The Morgan fingerprint density at radius 3 is 2.73 bits per heavy atom. The number of thioether (sulfide) groups is 1. The van der Waals surface area contributed by atoms with Crippen LogP contribution in [0.3, 0.4) is 0 Å². The molecule has 0 radical (unpaired) electrons. The third-order valence-corrected chi connectivity index (χ3v) is 4.54. The molecular weight excluding hydrogens is 232 g/mol. The molecular formula is C9H18N2O2S2. The molecule has 4 nitrogen and oxygen atoms in total. The number of hydrogen-bond donors (Lipinski definition) is 1. The Morgan fingerprint density at radius 2 is 2.20 bits per heavy atom. The number of sulfone groups is 1. The summed E-state index contributed by atoms with van der Waals surface area (Å²) in [7, 11) is -2.89. The highest BCUT2D eigenvalue weighted by atomic mass is 32.2. The van der Waals surface area contributed by atoms with Crippen molar-refractivity contribution in [1.82, 2.24) is 5.32 Å². The summed E-state index contributed by atoms with van der Waals surface area (Å²) in [6, 6.07) is 0.420. The summed E-state index contributed by atoms with van der Waals surface area (Å²) in [4.78, 5) is 4.24. The molecule has 15 heavy (non-hydrogen) atoms. The molecule has 0 spiro atoms. The highest BCUT2D eigenvalue weighted by molar-refractivity contribution is 8.13. The van der Waals surface area contributed by atoms with E-state index in [0.29, 0.717) is 18.5 Å². The van der Waals surface area contributed by atoms with Crippen LogP contribution in [0.1, 0.15) is 13.8 Å². The topological polar surface area (TPSA) is 58.5 Å². The second-order valence-electron chi connectivity index (χ2n) is 4.04. The minimum absolute atomic E-state index is 0.128. The SMILES string of the molecule is CC1CSC(=NCCS(C)(=O)=O)NC1C. The van der Waals surface area contributed by atoms with Crippen LogP contribution in [0, 0.1) is 5.92 Å². The van der Waals surface area contributed by atoms with Gasteiger partial charge in [-0.2, -0.15) is 0 Å². The Bertz CT molecular complexity index is 338. The summed E-state index contributed by atoms with van der Waals surface area (Å²) in [5.41, 5.74) is 0. The monoisotopic (exact) mass is 250 g/mol. The van der Waals surface area contributed by atoms with Gasteiger partial charge in [0.1, 0.15) is 9.84 Å². The summed E-state index contributed by atoms with van der Waals surface area (Å²) in [5.74, 6) is 1.80. The largest absolute Gasteiger partial charge is 0.362 e. The highest BCUT2D eigenvalue weighted by Crippen LogP contribution is 2.18. The number of amidine groups is 1. The highest BCUT2D eigenvalue weighted by Gasteiger charge is 2.20. The van der Waals surface area contributed by atoms with E-state index in [0.717, 1.165) is 10.9 Å². The summed E-state index contributed by atoms with van der Waals surface area (Å²) in [6.07, 6.45) is 1.24. The lowest BCUT2D eigenvalue weighted by Crippen LogP contribution is -2.41. The van der Waals surface area contributed by atoms with Crippen LogP contribution >= 0.6 is 11.8 Å². The van der Waals surface area contributed by atoms with Gasteiger partial charge in [-0.05, 0) is 12.8 Å². The van der Waals surface area contributed by atoms with E-state index in [9.17, 15) is 8.42 Å². The van der Waals surface area contributed by atoms with Crippen LogP contribution in [-0.2, 0) is 9.84 Å². The standard InChI is InChI=1S/C9H18N2O2S2/c1-7-6-14-9(11-8(7)2)10-4-5-15(3,12)13/h7-8H,4-6H2,1-3H3,(H,10,11). The van der Waals surface area contributed by atoms with Crippen molar-refractivity contribution in [2.24, 2.45) is 10.9 Å². The van der Waals surface area contributed by atoms with Crippen molar-refractivity contribution in [2.75, 3.05) is 24.3 Å². The molecule has 1 rings (SSSR count). The first kappa shape index (κ1) is 12.8. The minimum Gasteiger partial charge on any atom is -0.362 e. The first-order chi connectivity index (χ1) is 6.88. The fourth-order valence-electron chi connectivity index (χ4n) is 1.14. The van der Waals surface area contributed by atoms with E-state index < -0.39 is 9.84 Å². The van der Waals surface area contributed by atoms with E-state index >= 15 is 0 Å². The predicted octanol–water partition coefficient (Wildman–Crippen LogP) is 0.748. The lowest BCUT2D eigenvalue weighted by atomic mass is 10.1. The van der Waals surface area contributed by atoms with Crippen molar-refractivity contribution in [3.63, 3.8) is 0 Å². The summed E-state index contributed by atoms with van der Waals surface area (Å²) < 4.78 is 21.8. The maximum absolute atomic E-state index is 10.9. The molecule has 1 saturated heterocycles. The van der Waals surface area contributed by atoms with E-state index in [-0.39, 0.29) is 5.75 Å². The molecule has 0 aromatic carbocycles. The van der Waals surface area contributed by atoms with Gasteiger partial charge >= 0.3 is 0 Å². The van der Waals surface area contributed by atoms with Crippen LogP contribution < -0.4 is 5.32 Å². The molecule has 0 bridgehead atoms. The van der Waals surface area contributed by atoms with E-state index in [1.165, 1.54) is 6.26 Å². The van der Waals surface area contributed by atoms with E-state index in [4.69, 9.17) is 0 Å². The predicted molar refractivity (Wildman–Crippen MR) is 66.2 cm³/mol. The average Bonchev–Trinajstić information content (AvgIpc) is 2.09. The van der Waals surface area contributed by atoms with Gasteiger partial charge in [-0.15, -0.1) is 0 Å². The molecule has 0 saturated carbocycles. The molecule has 2 unspecified atom stereocenters. The fourth-order valence-corrected chi connectivity index (χ4v) is 2.72. The van der Waals surface area contributed by atoms with Gasteiger partial charge in [-0.25, -0.2) is 8.42 Å². The van der Waals surface area contributed by atoms with Crippen LogP contribution in [0.25, 0.3) is 0 Å². The smallest absolute Gasteiger partial charge is 0.156 e. The Kier molecular flexibility index (Phi) is 4.45. The number of hydrogen-bond acceptors (Lipinski definition) is 4. The molecule has 1 aliphatic heterocycles. The maximum atomic E-state index is 10.9. The van der Waals surface area contributed by atoms with E-state index in [1.54, 1.807) is 11.8 Å². The normalized spacial score (nSPS) is 30.2. The Morgan fingerprint density at radius 1 is 1.53 bits per heavy atom. The van der Waals surface area contributed by atoms with Gasteiger partial charge in [-0.3, -0.25) is 4.99 Å². The van der Waals surface area contributed by atoms with Crippen LogP contribution in [-0.4, -0.2) is 43.9 Å². The summed E-state index contributed by atoms with van der Waals surface area (Å²) >= 11 is 1.67. The average molecular weight is 250 g/mol. The van der Waals surface area contributed by atoms with Gasteiger partial charge in [0, 0.05) is 18.1 Å². The van der Waals surface area contributed by atoms with E-state index in [1.807, 2.05) is 0 Å². The molecule has 88 valence electrons. The number of rotatable bonds is 3. The summed E-state index contributed by atoms with van der Waals surface area (Å²) in [5, 5.41) is 4.15. The molecule has 2 atom stereocenters. The van der Waals surface area contributed by atoms with Crippen molar-refractivity contribution in [3.8, 4) is 0 Å². The van der Waals surface area contributed by atoms with Gasteiger partial charge in [-0.1, -0.05) is 18.7 Å². The van der Waals surface area contributed by atoms with Crippen LogP contribution in [0.2, 0.25) is 0 Å². The van der Waals surface area contributed by atoms with Crippen LogP contribution in [0.4, 0.5) is 0 Å². The van der Waals surface area contributed by atoms with Crippen LogP contribution in [0.5, 0.6) is 0 Å². The third-order valence-electron chi connectivity index (χ3n) is 2.41. The zero-order valence-corrected chi connectivity index (χ0v) is 11.0. The number of nitrogens with zero attached hydrogens (tertiary/aromatic N) is 1. The Balaban J connectivity index is 2.41. The summed E-state index contributed by atoms with van der Waals surface area (Å²) in [6.45, 7) is 4.67. The quantitative estimate of drug-likeness (QED) is 0.803. The van der Waals surface area contributed by atoms with Gasteiger partial charge in [0.25, 0.3) is 0 Å². The molecule has 0 aliphatic carbocycles. The molecule has 1 N–H and O–H groups in total. The minimum atomic E-state index is -2.89. The lowest BCUT2D eigenvalue weighted by molar-refractivity contribution is 0.490. The number of aliphatic imine (C=N–C) groups is 1. The first-order valence-corrected chi connectivity index (χ1v) is 8.04. The van der Waals surface area contributed by atoms with Gasteiger partial charge < -0.3 is 5.32 Å². The second kappa shape index (κ2) is 5.21. The zero-order chi connectivity index (χ0) is 11.5. The molecule has 0 aromatic rings. The molecule has 6 heteroatoms. The van der Waals surface area contributed by atoms with Gasteiger partial charge in [0.05, 0.1) is 12.3 Å². The Labute approximate surface area is 95.8 Å². The second-order valence-corrected chi connectivity index (χ2v) is 7.31. The van der Waals surface area contributed by atoms with E-state index in [2.05, 4.69) is 24.2 Å². The van der Waals surface area contributed by atoms with Gasteiger partial charge in [0.2, 0.25) is 0 Å². The van der Waals surface area contributed by atoms with Gasteiger partial charge in [0.15, 0.2) is 5.17 Å². The van der Waals surface area contributed by atoms with Crippen LogP contribution in [0.15, 0.2) is 4.99 Å².